The van der Waals surface area contributed by atoms with Gasteiger partial charge in [-0.2, -0.15) is 0 Å². The Hall–Kier alpha value is -2.20. The quantitative estimate of drug-likeness (QED) is 0.599. The van der Waals surface area contributed by atoms with E-state index in [1.165, 1.54) is 25.7 Å². The van der Waals surface area contributed by atoms with Crippen LogP contribution < -0.4 is 14.8 Å². The van der Waals surface area contributed by atoms with Crippen molar-refractivity contribution in [2.45, 2.75) is 58.1 Å². The molecule has 0 spiro atoms. The highest BCUT2D eigenvalue weighted by Gasteiger charge is 2.17. The summed E-state index contributed by atoms with van der Waals surface area (Å²) >= 11 is 5.92. The van der Waals surface area contributed by atoms with Gasteiger partial charge in [-0.1, -0.05) is 37.3 Å². The molecule has 1 aliphatic rings. The zero-order chi connectivity index (χ0) is 19.8. The molecule has 5 heteroatoms. The SMILES string of the molecule is CCOc1ccc(C(=O)NC2CCCCCC2)cc1COc1ccc(Cl)cc1. The van der Waals surface area contributed by atoms with E-state index in [1.807, 2.05) is 37.3 Å². The molecular weight excluding hydrogens is 374 g/mol. The predicted molar refractivity (Wildman–Crippen MR) is 112 cm³/mol. The first-order valence-electron chi connectivity index (χ1n) is 10.1. The first-order chi connectivity index (χ1) is 13.7. The number of hydrogen-bond donors (Lipinski definition) is 1. The molecule has 2 aromatic carbocycles. The Morgan fingerprint density at radius 3 is 2.43 bits per heavy atom. The maximum atomic E-state index is 12.8. The summed E-state index contributed by atoms with van der Waals surface area (Å²) < 4.78 is 11.6. The molecule has 0 aromatic heterocycles. The normalized spacial score (nSPS) is 14.9. The van der Waals surface area contributed by atoms with Gasteiger partial charge in [0.1, 0.15) is 18.1 Å². The van der Waals surface area contributed by atoms with E-state index in [1.54, 1.807) is 12.1 Å². The van der Waals surface area contributed by atoms with E-state index in [4.69, 9.17) is 21.1 Å². The molecule has 1 amide bonds. The molecule has 0 heterocycles. The van der Waals surface area contributed by atoms with Crippen molar-refractivity contribution in [1.82, 2.24) is 5.32 Å². The molecule has 150 valence electrons. The van der Waals surface area contributed by atoms with E-state index in [2.05, 4.69) is 5.32 Å². The maximum absolute atomic E-state index is 12.8. The Morgan fingerprint density at radius 1 is 1.04 bits per heavy atom. The number of halogens is 1. The summed E-state index contributed by atoms with van der Waals surface area (Å²) in [6.07, 6.45) is 7.04. The minimum Gasteiger partial charge on any atom is -0.493 e. The average molecular weight is 402 g/mol. The molecule has 1 fully saturated rings. The van der Waals surface area contributed by atoms with E-state index in [9.17, 15) is 4.79 Å². The van der Waals surface area contributed by atoms with Crippen LogP contribution in [0.1, 0.15) is 61.4 Å². The maximum Gasteiger partial charge on any atom is 0.251 e. The number of nitrogens with one attached hydrogen (secondary N) is 1. The molecule has 0 saturated heterocycles. The van der Waals surface area contributed by atoms with E-state index in [0.717, 1.165) is 29.9 Å². The van der Waals surface area contributed by atoms with Gasteiger partial charge in [-0.15, -0.1) is 0 Å². The second-order valence-electron chi connectivity index (χ2n) is 7.16. The zero-order valence-corrected chi connectivity index (χ0v) is 17.1. The van der Waals surface area contributed by atoms with Gasteiger partial charge in [0.2, 0.25) is 0 Å². The van der Waals surface area contributed by atoms with Crippen LogP contribution in [0.25, 0.3) is 0 Å². The molecule has 1 N–H and O–H groups in total. The van der Waals surface area contributed by atoms with Crippen molar-refractivity contribution in [1.29, 1.82) is 0 Å². The number of amides is 1. The van der Waals surface area contributed by atoms with Gasteiger partial charge >= 0.3 is 0 Å². The molecule has 0 bridgehead atoms. The summed E-state index contributed by atoms with van der Waals surface area (Å²) in [5.74, 6) is 1.44. The van der Waals surface area contributed by atoms with Gasteiger partial charge in [-0.05, 0) is 62.2 Å². The second kappa shape index (κ2) is 10.4. The van der Waals surface area contributed by atoms with Crippen molar-refractivity contribution in [3.8, 4) is 11.5 Å². The molecular formula is C23H28ClNO3. The fourth-order valence-electron chi connectivity index (χ4n) is 3.51. The highest BCUT2D eigenvalue weighted by Crippen LogP contribution is 2.24. The van der Waals surface area contributed by atoms with Crippen molar-refractivity contribution < 1.29 is 14.3 Å². The van der Waals surface area contributed by atoms with Gasteiger partial charge in [0.15, 0.2) is 0 Å². The van der Waals surface area contributed by atoms with Crippen molar-refractivity contribution in [2.75, 3.05) is 6.61 Å². The number of rotatable bonds is 7. The third-order valence-electron chi connectivity index (χ3n) is 5.02. The Morgan fingerprint density at radius 2 is 1.75 bits per heavy atom. The van der Waals surface area contributed by atoms with Crippen molar-refractivity contribution >= 4 is 17.5 Å². The monoisotopic (exact) mass is 401 g/mol. The number of carbonyl (C=O) groups excluding carboxylic acids is 1. The lowest BCUT2D eigenvalue weighted by Crippen LogP contribution is -2.34. The molecule has 1 aliphatic carbocycles. The Balaban J connectivity index is 1.70. The zero-order valence-electron chi connectivity index (χ0n) is 16.4. The van der Waals surface area contributed by atoms with Gasteiger partial charge < -0.3 is 14.8 Å². The molecule has 3 rings (SSSR count). The smallest absolute Gasteiger partial charge is 0.251 e. The van der Waals surface area contributed by atoms with Crippen molar-refractivity contribution in [2.24, 2.45) is 0 Å². The van der Waals surface area contributed by atoms with Crippen molar-refractivity contribution in [3.05, 3.63) is 58.6 Å². The van der Waals surface area contributed by atoms with Gasteiger partial charge in [0, 0.05) is 22.2 Å². The van der Waals surface area contributed by atoms with Crippen molar-refractivity contribution in [3.63, 3.8) is 0 Å². The largest absolute Gasteiger partial charge is 0.493 e. The summed E-state index contributed by atoms with van der Waals surface area (Å²) in [4.78, 5) is 12.8. The fourth-order valence-corrected chi connectivity index (χ4v) is 3.64. The molecule has 0 aliphatic heterocycles. The number of hydrogen-bond acceptors (Lipinski definition) is 3. The summed E-state index contributed by atoms with van der Waals surface area (Å²) in [7, 11) is 0. The van der Waals surface area contributed by atoms with Crippen LogP contribution in [0.3, 0.4) is 0 Å². The summed E-state index contributed by atoms with van der Waals surface area (Å²) in [6.45, 7) is 2.82. The lowest BCUT2D eigenvalue weighted by molar-refractivity contribution is 0.0933. The van der Waals surface area contributed by atoms with Crippen LogP contribution in [0.2, 0.25) is 5.02 Å². The van der Waals surface area contributed by atoms with Crippen LogP contribution in [0.4, 0.5) is 0 Å². The molecule has 0 atom stereocenters. The molecule has 1 saturated carbocycles. The standard InChI is InChI=1S/C23H28ClNO3/c1-2-27-22-14-9-17(23(26)25-20-7-5-3-4-6-8-20)15-18(22)16-28-21-12-10-19(24)11-13-21/h9-15,20H,2-8,16H2,1H3,(H,25,26). The van der Waals surface area contributed by atoms with Crippen LogP contribution in [0.5, 0.6) is 11.5 Å². The van der Waals surface area contributed by atoms with Gasteiger partial charge in [0.05, 0.1) is 6.61 Å². The third kappa shape index (κ3) is 5.90. The molecule has 0 unspecified atom stereocenters. The van der Waals surface area contributed by atoms with E-state index in [0.29, 0.717) is 23.8 Å². The predicted octanol–water partition coefficient (Wildman–Crippen LogP) is 5.77. The number of carbonyl (C=O) groups is 1. The highest BCUT2D eigenvalue weighted by molar-refractivity contribution is 6.30. The molecule has 2 aromatic rings. The van der Waals surface area contributed by atoms with E-state index < -0.39 is 0 Å². The van der Waals surface area contributed by atoms with Crippen LogP contribution >= 0.6 is 11.6 Å². The summed E-state index contributed by atoms with van der Waals surface area (Å²) in [5.41, 5.74) is 1.49. The number of ether oxygens (including phenoxy) is 2. The molecule has 4 nitrogen and oxygen atoms in total. The number of benzene rings is 2. The Bertz CT molecular complexity index is 768. The van der Waals surface area contributed by atoms with Gasteiger partial charge in [-0.25, -0.2) is 0 Å². The van der Waals surface area contributed by atoms with Gasteiger partial charge in [-0.3, -0.25) is 4.79 Å². The average Bonchev–Trinajstić information content (AvgIpc) is 2.97. The fraction of sp³-hybridized carbons (Fsp3) is 0.435. The Labute approximate surface area is 172 Å². The molecule has 0 radical (unpaired) electrons. The summed E-state index contributed by atoms with van der Waals surface area (Å²) in [5, 5.41) is 3.86. The van der Waals surface area contributed by atoms with Gasteiger partial charge in [0.25, 0.3) is 5.91 Å². The lowest BCUT2D eigenvalue weighted by Gasteiger charge is -2.17. The minimum absolute atomic E-state index is 0.0253. The van der Waals surface area contributed by atoms with E-state index in [-0.39, 0.29) is 11.9 Å². The first-order valence-corrected chi connectivity index (χ1v) is 10.5. The van der Waals surface area contributed by atoms with Crippen LogP contribution in [-0.4, -0.2) is 18.6 Å². The van der Waals surface area contributed by atoms with Crippen LogP contribution in [-0.2, 0) is 6.61 Å². The topological polar surface area (TPSA) is 47.6 Å². The highest BCUT2D eigenvalue weighted by atomic mass is 35.5. The Kier molecular flexibility index (Phi) is 7.61. The lowest BCUT2D eigenvalue weighted by atomic mass is 10.1. The second-order valence-corrected chi connectivity index (χ2v) is 7.60. The summed E-state index contributed by atoms with van der Waals surface area (Å²) in [6, 6.07) is 13.0. The van der Waals surface area contributed by atoms with Crippen LogP contribution in [0.15, 0.2) is 42.5 Å². The molecule has 28 heavy (non-hydrogen) atoms. The minimum atomic E-state index is -0.0253. The van der Waals surface area contributed by atoms with E-state index >= 15 is 0 Å². The third-order valence-corrected chi connectivity index (χ3v) is 5.27. The first kappa shape index (κ1) is 20.5. The van der Waals surface area contributed by atoms with Crippen LogP contribution in [0, 0.1) is 0 Å².